The Morgan fingerprint density at radius 3 is 2.83 bits per heavy atom. The molecule has 6 nitrogen and oxygen atoms in total. The second kappa shape index (κ2) is 6.18. The molecule has 8 heteroatoms. The van der Waals surface area contributed by atoms with Gasteiger partial charge in [-0.05, 0) is 30.7 Å². The first kappa shape index (κ1) is 16.4. The van der Waals surface area contributed by atoms with Gasteiger partial charge in [0.1, 0.15) is 15.5 Å². The van der Waals surface area contributed by atoms with Crippen LogP contribution in [0.3, 0.4) is 0 Å². The molecular formula is C16H14ClN3O3S. The molecule has 0 unspecified atom stereocenters. The van der Waals surface area contributed by atoms with Gasteiger partial charge in [-0.1, -0.05) is 11.6 Å². The Bertz CT molecular complexity index is 1010. The lowest BCUT2D eigenvalue weighted by molar-refractivity contribution is 0.103. The van der Waals surface area contributed by atoms with E-state index in [4.69, 9.17) is 22.1 Å². The summed E-state index contributed by atoms with van der Waals surface area (Å²) in [6, 6.07) is 6.37. The monoisotopic (exact) mass is 363 g/mol. The SMILES string of the molecule is COc1ccc(Cl)cc1NC(=O)c1sc2[nH]c(=O)cc(C)c2c1N. The highest BCUT2D eigenvalue weighted by Crippen LogP contribution is 2.35. The molecule has 0 saturated heterocycles. The van der Waals surface area contributed by atoms with Crippen LogP contribution in [0, 0.1) is 6.92 Å². The molecule has 3 aromatic rings. The lowest BCUT2D eigenvalue weighted by Crippen LogP contribution is -2.12. The van der Waals surface area contributed by atoms with Gasteiger partial charge in [0.15, 0.2) is 0 Å². The number of nitrogens with two attached hydrogens (primary N) is 1. The normalized spacial score (nSPS) is 10.8. The quantitative estimate of drug-likeness (QED) is 0.664. The first-order valence-electron chi connectivity index (χ1n) is 6.97. The van der Waals surface area contributed by atoms with E-state index in [0.717, 1.165) is 16.9 Å². The maximum atomic E-state index is 12.6. The van der Waals surface area contributed by atoms with E-state index in [1.165, 1.54) is 13.2 Å². The Morgan fingerprint density at radius 2 is 2.12 bits per heavy atom. The van der Waals surface area contributed by atoms with Gasteiger partial charge in [-0.3, -0.25) is 9.59 Å². The minimum absolute atomic E-state index is 0.232. The fourth-order valence-electron chi connectivity index (χ4n) is 2.47. The molecule has 0 atom stereocenters. The molecule has 124 valence electrons. The van der Waals surface area contributed by atoms with E-state index in [9.17, 15) is 9.59 Å². The number of ether oxygens (including phenoxy) is 1. The Kier molecular flexibility index (Phi) is 4.21. The molecule has 1 amide bonds. The van der Waals surface area contributed by atoms with Gasteiger partial charge in [0, 0.05) is 16.5 Å². The Hall–Kier alpha value is -2.51. The van der Waals surface area contributed by atoms with Gasteiger partial charge in [-0.25, -0.2) is 0 Å². The van der Waals surface area contributed by atoms with Gasteiger partial charge >= 0.3 is 0 Å². The minimum atomic E-state index is -0.394. The molecule has 0 aliphatic carbocycles. The third-order valence-electron chi connectivity index (χ3n) is 3.54. The summed E-state index contributed by atoms with van der Waals surface area (Å²) < 4.78 is 5.21. The predicted molar refractivity (Wildman–Crippen MR) is 97.6 cm³/mol. The number of hydrogen-bond donors (Lipinski definition) is 3. The molecule has 24 heavy (non-hydrogen) atoms. The molecule has 1 aromatic carbocycles. The molecule has 0 aliphatic rings. The highest BCUT2D eigenvalue weighted by atomic mass is 35.5. The van der Waals surface area contributed by atoms with Gasteiger partial charge in [-0.15, -0.1) is 11.3 Å². The van der Waals surface area contributed by atoms with Gasteiger partial charge in [0.05, 0.1) is 18.5 Å². The van der Waals surface area contributed by atoms with Crippen molar-refractivity contribution in [2.24, 2.45) is 0 Å². The summed E-state index contributed by atoms with van der Waals surface area (Å²) in [5.74, 6) is 0.0894. The number of carbonyl (C=O) groups is 1. The summed E-state index contributed by atoms with van der Waals surface area (Å²) in [6.07, 6.45) is 0. The zero-order valence-corrected chi connectivity index (χ0v) is 14.5. The Labute approximate surface area is 146 Å². The van der Waals surface area contributed by atoms with Crippen molar-refractivity contribution < 1.29 is 9.53 Å². The van der Waals surface area contributed by atoms with Crippen LogP contribution in [0.1, 0.15) is 15.2 Å². The van der Waals surface area contributed by atoms with Crippen molar-refractivity contribution in [2.45, 2.75) is 6.92 Å². The minimum Gasteiger partial charge on any atom is -0.495 e. The zero-order chi connectivity index (χ0) is 17.4. The number of aromatic amines is 1. The van der Waals surface area contributed by atoms with Crippen molar-refractivity contribution in [3.63, 3.8) is 0 Å². The second-order valence-corrected chi connectivity index (χ2v) is 6.62. The van der Waals surface area contributed by atoms with Crippen molar-refractivity contribution >= 4 is 50.4 Å². The number of H-pyrrole nitrogens is 1. The number of hydrogen-bond acceptors (Lipinski definition) is 5. The largest absolute Gasteiger partial charge is 0.495 e. The van der Waals surface area contributed by atoms with Crippen molar-refractivity contribution in [2.75, 3.05) is 18.2 Å². The molecule has 2 heterocycles. The average molecular weight is 364 g/mol. The van der Waals surface area contributed by atoms with Crippen LogP contribution in [0.5, 0.6) is 5.75 Å². The van der Waals surface area contributed by atoms with E-state index >= 15 is 0 Å². The van der Waals surface area contributed by atoms with E-state index in [1.807, 2.05) is 0 Å². The van der Waals surface area contributed by atoms with Crippen LogP contribution in [0.15, 0.2) is 29.1 Å². The molecular weight excluding hydrogens is 350 g/mol. The number of aromatic nitrogens is 1. The van der Waals surface area contributed by atoms with Crippen LogP contribution < -0.4 is 21.3 Å². The summed E-state index contributed by atoms with van der Waals surface area (Å²) >= 11 is 7.10. The number of nitrogens with one attached hydrogen (secondary N) is 2. The fourth-order valence-corrected chi connectivity index (χ4v) is 3.72. The number of methoxy groups -OCH3 is 1. The summed E-state index contributed by atoms with van der Waals surface area (Å²) in [5, 5.41) is 3.90. The number of rotatable bonds is 3. The van der Waals surface area contributed by atoms with Crippen molar-refractivity contribution in [1.29, 1.82) is 0 Å². The van der Waals surface area contributed by atoms with E-state index in [2.05, 4.69) is 10.3 Å². The smallest absolute Gasteiger partial charge is 0.268 e. The van der Waals surface area contributed by atoms with Gasteiger partial charge < -0.3 is 20.8 Å². The number of halogens is 1. The molecule has 0 saturated carbocycles. The average Bonchev–Trinajstić information content (AvgIpc) is 2.84. The number of aryl methyl sites for hydroxylation is 1. The Morgan fingerprint density at radius 1 is 1.38 bits per heavy atom. The number of pyridine rings is 1. The first-order valence-corrected chi connectivity index (χ1v) is 8.17. The zero-order valence-electron chi connectivity index (χ0n) is 12.9. The van der Waals surface area contributed by atoms with Crippen LogP contribution >= 0.6 is 22.9 Å². The lowest BCUT2D eigenvalue weighted by Gasteiger charge is -2.10. The summed E-state index contributed by atoms with van der Waals surface area (Å²) in [4.78, 5) is 27.8. The van der Waals surface area contributed by atoms with E-state index in [0.29, 0.717) is 37.2 Å². The van der Waals surface area contributed by atoms with E-state index in [1.54, 1.807) is 25.1 Å². The van der Waals surface area contributed by atoms with Crippen molar-refractivity contribution in [1.82, 2.24) is 4.98 Å². The number of fused-ring (bicyclic) bond motifs is 1. The number of nitrogen functional groups attached to an aromatic ring is 1. The second-order valence-electron chi connectivity index (χ2n) is 5.16. The lowest BCUT2D eigenvalue weighted by atomic mass is 10.1. The number of benzene rings is 1. The molecule has 0 radical (unpaired) electrons. The maximum absolute atomic E-state index is 12.6. The molecule has 2 aromatic heterocycles. The summed E-state index contributed by atoms with van der Waals surface area (Å²) in [5.41, 5.74) is 7.38. The fraction of sp³-hybridized carbons (Fsp3) is 0.125. The van der Waals surface area contributed by atoms with Crippen molar-refractivity contribution in [3.8, 4) is 5.75 Å². The van der Waals surface area contributed by atoms with Crippen molar-refractivity contribution in [3.05, 3.63) is 50.1 Å². The topological polar surface area (TPSA) is 97.2 Å². The molecule has 0 aliphatic heterocycles. The first-order chi connectivity index (χ1) is 11.4. The van der Waals surface area contributed by atoms with E-state index < -0.39 is 5.91 Å². The van der Waals surface area contributed by atoms with E-state index in [-0.39, 0.29) is 5.56 Å². The highest BCUT2D eigenvalue weighted by Gasteiger charge is 2.19. The van der Waals surface area contributed by atoms with Gasteiger partial charge in [0.25, 0.3) is 5.91 Å². The molecule has 0 bridgehead atoms. The predicted octanol–water partition coefficient (Wildman–Crippen LogP) is 3.39. The molecule has 0 spiro atoms. The van der Waals surface area contributed by atoms with Crippen LogP contribution in [0.4, 0.5) is 11.4 Å². The Balaban J connectivity index is 2.04. The van der Waals surface area contributed by atoms with Gasteiger partial charge in [0.2, 0.25) is 5.56 Å². The van der Waals surface area contributed by atoms with Gasteiger partial charge in [-0.2, -0.15) is 0 Å². The maximum Gasteiger partial charge on any atom is 0.268 e. The number of carbonyl (C=O) groups excluding carboxylic acids is 1. The molecule has 0 fully saturated rings. The van der Waals surface area contributed by atoms with Crippen LogP contribution in [0.2, 0.25) is 5.02 Å². The van der Waals surface area contributed by atoms with Crippen LogP contribution in [-0.4, -0.2) is 18.0 Å². The number of amides is 1. The standard InChI is InChI=1S/C16H14ClN3O3S/c1-7-5-11(21)20-16-12(7)13(18)14(24-16)15(22)19-9-6-8(17)3-4-10(9)23-2/h3-6H,18H2,1-2H3,(H,19,22)(H,20,21). The summed E-state index contributed by atoms with van der Waals surface area (Å²) in [7, 11) is 1.50. The highest BCUT2D eigenvalue weighted by molar-refractivity contribution is 7.21. The third-order valence-corrected chi connectivity index (χ3v) is 4.89. The third kappa shape index (κ3) is 2.83. The number of anilines is 2. The number of thiophene rings is 1. The van der Waals surface area contributed by atoms with Crippen LogP contribution in [0.25, 0.3) is 10.2 Å². The summed E-state index contributed by atoms with van der Waals surface area (Å²) in [6.45, 7) is 1.78. The van der Waals surface area contributed by atoms with Crippen LogP contribution in [-0.2, 0) is 0 Å². The molecule has 3 rings (SSSR count). The molecule has 4 N–H and O–H groups in total.